The van der Waals surface area contributed by atoms with Gasteiger partial charge >= 0.3 is 0 Å². The van der Waals surface area contributed by atoms with Crippen LogP contribution in [0.1, 0.15) is 0 Å². The van der Waals surface area contributed by atoms with Crippen molar-refractivity contribution in [3.05, 3.63) is 189 Å². The number of para-hydroxylation sites is 1. The Labute approximate surface area is 296 Å². The Kier molecular flexibility index (Phi) is 7.76. The fourth-order valence-corrected chi connectivity index (χ4v) is 6.60. The van der Waals surface area contributed by atoms with Crippen LogP contribution in [0.15, 0.2) is 189 Å². The average molecular weight is 654 g/mol. The van der Waals surface area contributed by atoms with E-state index in [1.54, 1.807) is 17.2 Å². The molecule has 3 aromatic heterocycles. The van der Waals surface area contributed by atoms with Crippen molar-refractivity contribution in [3.8, 4) is 72.4 Å². The highest BCUT2D eigenvalue weighted by Crippen LogP contribution is 2.36. The van der Waals surface area contributed by atoms with Crippen LogP contribution in [0.3, 0.4) is 0 Å². The molecule has 0 atom stereocenters. The van der Waals surface area contributed by atoms with Crippen molar-refractivity contribution in [3.63, 3.8) is 0 Å². The summed E-state index contributed by atoms with van der Waals surface area (Å²) in [6.45, 7) is 0. The molecule has 0 amide bonds. The fourth-order valence-electron chi connectivity index (χ4n) is 6.60. The van der Waals surface area contributed by atoms with Crippen molar-refractivity contribution >= 4 is 11.0 Å². The molecule has 0 aliphatic carbocycles. The Morgan fingerprint density at radius 1 is 0.294 bits per heavy atom. The molecule has 5 nitrogen and oxygen atoms in total. The maximum absolute atomic E-state index is 5.06. The molecule has 5 heteroatoms. The van der Waals surface area contributed by atoms with Gasteiger partial charge in [0.2, 0.25) is 0 Å². The van der Waals surface area contributed by atoms with E-state index in [1.807, 2.05) is 54.9 Å². The largest absolute Gasteiger partial charge is 0.264 e. The molecule has 0 saturated carbocycles. The van der Waals surface area contributed by atoms with E-state index in [9.17, 15) is 0 Å². The molecular weight excluding hydrogens is 623 g/mol. The first-order valence-electron chi connectivity index (χ1n) is 16.9. The van der Waals surface area contributed by atoms with E-state index in [0.29, 0.717) is 0 Å². The smallest absolute Gasteiger partial charge is 0.122 e. The molecule has 0 aliphatic heterocycles. The van der Waals surface area contributed by atoms with Gasteiger partial charge in [-0.3, -0.25) is 9.97 Å². The molecule has 240 valence electrons. The topological polar surface area (TPSA) is 56.5 Å². The van der Waals surface area contributed by atoms with Gasteiger partial charge in [-0.15, -0.1) is 10.2 Å². The molecule has 0 aliphatic rings. The number of fused-ring (bicyclic) bond motifs is 1. The van der Waals surface area contributed by atoms with Gasteiger partial charge in [0.1, 0.15) is 11.0 Å². The van der Waals surface area contributed by atoms with Gasteiger partial charge in [-0.25, -0.2) is 0 Å². The molecule has 51 heavy (non-hydrogen) atoms. The molecule has 0 bridgehead atoms. The van der Waals surface area contributed by atoms with Gasteiger partial charge in [-0.1, -0.05) is 140 Å². The van der Waals surface area contributed by atoms with Crippen LogP contribution in [0.2, 0.25) is 0 Å². The Morgan fingerprint density at radius 3 is 1.00 bits per heavy atom. The van der Waals surface area contributed by atoms with Crippen LogP contribution < -0.4 is 0 Å². The molecular formula is C46H31N5. The maximum atomic E-state index is 5.06. The van der Waals surface area contributed by atoms with Gasteiger partial charge in [0, 0.05) is 35.9 Å². The summed E-state index contributed by atoms with van der Waals surface area (Å²) >= 11 is 0. The predicted molar refractivity (Wildman–Crippen MR) is 207 cm³/mol. The van der Waals surface area contributed by atoms with Crippen LogP contribution >= 0.6 is 0 Å². The van der Waals surface area contributed by atoms with Crippen LogP contribution in [-0.4, -0.2) is 25.0 Å². The zero-order valence-electron chi connectivity index (χ0n) is 27.6. The molecule has 9 rings (SSSR count). The Balaban J connectivity index is 1.04. The molecule has 0 fully saturated rings. The average Bonchev–Trinajstić information content (AvgIpc) is 3.68. The lowest BCUT2D eigenvalue weighted by atomic mass is 9.95. The van der Waals surface area contributed by atoms with E-state index in [-0.39, 0.29) is 0 Å². The molecule has 0 radical (unpaired) electrons. The summed E-state index contributed by atoms with van der Waals surface area (Å²) in [7, 11) is 0. The van der Waals surface area contributed by atoms with Crippen molar-refractivity contribution in [2.45, 2.75) is 0 Å². The minimum Gasteiger partial charge on any atom is -0.264 e. The van der Waals surface area contributed by atoms with Gasteiger partial charge in [0.05, 0.1) is 5.69 Å². The lowest BCUT2D eigenvalue weighted by molar-refractivity contribution is 0.766. The second kappa shape index (κ2) is 13.1. The van der Waals surface area contributed by atoms with Crippen molar-refractivity contribution in [1.82, 2.24) is 25.0 Å². The number of hydrogen-bond donors (Lipinski definition) is 0. The first-order chi connectivity index (χ1) is 25.3. The second-order valence-electron chi connectivity index (χ2n) is 12.5. The molecule has 6 aromatic carbocycles. The second-order valence-corrected chi connectivity index (χ2v) is 12.5. The summed E-state index contributed by atoms with van der Waals surface area (Å²) in [6, 6.07) is 57.2. The summed E-state index contributed by atoms with van der Waals surface area (Å²) in [5.41, 5.74) is 16.1. The van der Waals surface area contributed by atoms with E-state index in [0.717, 1.165) is 83.5 Å². The predicted octanol–water partition coefficient (Wildman–Crippen LogP) is 11.2. The highest BCUT2D eigenvalue weighted by molar-refractivity contribution is 6.00. The number of aromatic nitrogens is 5. The number of rotatable bonds is 7. The summed E-state index contributed by atoms with van der Waals surface area (Å²) in [4.78, 5) is 10.3. The minimum absolute atomic E-state index is 0.861. The van der Waals surface area contributed by atoms with Gasteiger partial charge in [-0.2, -0.15) is 4.80 Å². The molecule has 9 aromatic rings. The highest BCUT2D eigenvalue weighted by Gasteiger charge is 2.16. The van der Waals surface area contributed by atoms with Crippen molar-refractivity contribution in [2.75, 3.05) is 0 Å². The number of benzene rings is 6. The molecule has 0 spiro atoms. The third-order valence-corrected chi connectivity index (χ3v) is 9.35. The third-order valence-electron chi connectivity index (χ3n) is 9.35. The van der Waals surface area contributed by atoms with Gasteiger partial charge in [0.15, 0.2) is 0 Å². The Bertz CT molecular complexity index is 2400. The van der Waals surface area contributed by atoms with Crippen molar-refractivity contribution in [1.29, 1.82) is 0 Å². The summed E-state index contributed by atoms with van der Waals surface area (Å²) in [5, 5.41) is 10.1. The Hall–Kier alpha value is -6.98. The summed E-state index contributed by atoms with van der Waals surface area (Å²) < 4.78 is 0. The summed E-state index contributed by atoms with van der Waals surface area (Å²) in [5.74, 6) is 0. The van der Waals surface area contributed by atoms with Gasteiger partial charge in [0.25, 0.3) is 0 Å². The van der Waals surface area contributed by atoms with E-state index < -0.39 is 0 Å². The highest BCUT2D eigenvalue weighted by atomic mass is 15.5. The maximum Gasteiger partial charge on any atom is 0.122 e. The quantitative estimate of drug-likeness (QED) is 0.172. The van der Waals surface area contributed by atoms with E-state index in [4.69, 9.17) is 10.2 Å². The van der Waals surface area contributed by atoms with Crippen LogP contribution in [-0.2, 0) is 0 Å². The van der Waals surface area contributed by atoms with E-state index in [2.05, 4.69) is 131 Å². The standard InChI is InChI=1S/C46H31N5/c1-2-8-42(9-3-1)51-49-45-43(38-22-18-34(19-23-38)32-10-14-36(15-11-32)40-6-4-28-47-30-40)26-27-44(46(45)50-51)39-24-20-35(21-25-39)33-12-16-37(17-13-33)41-7-5-29-48-31-41/h1-31H. The van der Waals surface area contributed by atoms with Crippen LogP contribution in [0, 0.1) is 0 Å². The van der Waals surface area contributed by atoms with Gasteiger partial charge < -0.3 is 0 Å². The van der Waals surface area contributed by atoms with Crippen LogP contribution in [0.5, 0.6) is 0 Å². The van der Waals surface area contributed by atoms with Crippen molar-refractivity contribution < 1.29 is 0 Å². The first-order valence-corrected chi connectivity index (χ1v) is 16.9. The normalized spacial score (nSPS) is 11.1. The SMILES string of the molecule is c1ccc(-n2nc3c(-c4ccc(-c5ccc(-c6cccnc6)cc5)cc4)ccc(-c4ccc(-c5ccc(-c6cccnc6)cc5)cc4)c3n2)cc1. The lowest BCUT2D eigenvalue weighted by Gasteiger charge is -2.10. The van der Waals surface area contributed by atoms with E-state index >= 15 is 0 Å². The molecule has 3 heterocycles. The number of hydrogen-bond acceptors (Lipinski definition) is 4. The van der Waals surface area contributed by atoms with Crippen LogP contribution in [0.4, 0.5) is 0 Å². The van der Waals surface area contributed by atoms with Crippen LogP contribution in [0.25, 0.3) is 83.5 Å². The number of pyridine rings is 2. The lowest BCUT2D eigenvalue weighted by Crippen LogP contribution is -1.97. The monoisotopic (exact) mass is 653 g/mol. The fraction of sp³-hybridized carbons (Fsp3) is 0. The minimum atomic E-state index is 0.861. The zero-order valence-corrected chi connectivity index (χ0v) is 27.6. The molecule has 0 N–H and O–H groups in total. The summed E-state index contributed by atoms with van der Waals surface area (Å²) in [6.07, 6.45) is 7.38. The van der Waals surface area contributed by atoms with Crippen molar-refractivity contribution in [2.24, 2.45) is 0 Å². The van der Waals surface area contributed by atoms with E-state index in [1.165, 1.54) is 0 Å². The molecule has 0 saturated heterocycles. The molecule has 0 unspecified atom stereocenters. The van der Waals surface area contributed by atoms with Gasteiger partial charge in [-0.05, 0) is 79.9 Å². The first kappa shape index (κ1) is 30.1. The Morgan fingerprint density at radius 2 is 0.647 bits per heavy atom. The third kappa shape index (κ3) is 5.98. The number of nitrogens with zero attached hydrogens (tertiary/aromatic N) is 5. The zero-order chi connectivity index (χ0) is 34.0.